The van der Waals surface area contributed by atoms with E-state index in [1.54, 1.807) is 6.07 Å². The Labute approximate surface area is 114 Å². The topological polar surface area (TPSA) is 42.7 Å². The first-order valence-corrected chi connectivity index (χ1v) is 6.24. The fourth-order valence-electron chi connectivity index (χ4n) is 1.94. The second kappa shape index (κ2) is 5.62. The van der Waals surface area contributed by atoms with Gasteiger partial charge in [-0.25, -0.2) is 9.67 Å². The molecule has 7 heteroatoms. The Morgan fingerprint density at radius 1 is 1.40 bits per heavy atom. The van der Waals surface area contributed by atoms with Crippen molar-refractivity contribution < 1.29 is 13.2 Å². The lowest BCUT2D eigenvalue weighted by Crippen LogP contribution is -2.20. The Morgan fingerprint density at radius 2 is 2.15 bits per heavy atom. The summed E-state index contributed by atoms with van der Waals surface area (Å²) in [6.07, 6.45) is -1.12. The smallest absolute Gasteiger partial charge is 0.310 e. The minimum Gasteiger partial charge on any atom is -0.310 e. The van der Waals surface area contributed by atoms with Crippen molar-refractivity contribution in [2.45, 2.75) is 26.1 Å². The lowest BCUT2D eigenvalue weighted by atomic mass is 10.1. The molecule has 0 aromatic carbocycles. The van der Waals surface area contributed by atoms with Gasteiger partial charge in [0.2, 0.25) is 0 Å². The molecule has 0 aliphatic heterocycles. The van der Waals surface area contributed by atoms with Gasteiger partial charge in [-0.3, -0.25) is 0 Å². The SMILES string of the molecule is CCNC(C)c1cccnc1-n1cc(C(F)(F)F)cn1. The zero-order valence-corrected chi connectivity index (χ0v) is 11.1. The second-order valence-electron chi connectivity index (χ2n) is 4.37. The van der Waals surface area contributed by atoms with E-state index >= 15 is 0 Å². The van der Waals surface area contributed by atoms with Crippen LogP contribution in [0, 0.1) is 0 Å². The molecule has 0 aliphatic carbocycles. The highest BCUT2D eigenvalue weighted by atomic mass is 19.4. The maximum atomic E-state index is 12.6. The highest BCUT2D eigenvalue weighted by Crippen LogP contribution is 2.29. The van der Waals surface area contributed by atoms with Gasteiger partial charge in [0.05, 0.1) is 11.8 Å². The third-order valence-corrected chi connectivity index (χ3v) is 2.92. The van der Waals surface area contributed by atoms with Crippen LogP contribution < -0.4 is 5.32 Å². The Kier molecular flexibility index (Phi) is 4.08. The molecule has 108 valence electrons. The van der Waals surface area contributed by atoms with Crippen LogP contribution in [0.15, 0.2) is 30.7 Å². The van der Waals surface area contributed by atoms with E-state index in [1.807, 2.05) is 19.9 Å². The van der Waals surface area contributed by atoms with Crippen LogP contribution in [0.4, 0.5) is 13.2 Å². The van der Waals surface area contributed by atoms with Gasteiger partial charge in [-0.05, 0) is 19.5 Å². The first-order valence-electron chi connectivity index (χ1n) is 6.24. The van der Waals surface area contributed by atoms with E-state index < -0.39 is 11.7 Å². The van der Waals surface area contributed by atoms with Gasteiger partial charge in [0.1, 0.15) is 0 Å². The Bertz CT molecular complexity index is 577. The van der Waals surface area contributed by atoms with E-state index in [4.69, 9.17) is 0 Å². The standard InChI is InChI=1S/C13H15F3N4/c1-3-17-9(2)11-5-4-6-18-12(11)20-8-10(7-19-20)13(14,15)16/h4-9,17H,3H2,1-2H3. The number of halogens is 3. The molecule has 0 aliphatic rings. The number of rotatable bonds is 4. The number of nitrogens with one attached hydrogen (secondary N) is 1. The molecule has 0 saturated carbocycles. The molecule has 4 nitrogen and oxygen atoms in total. The largest absolute Gasteiger partial charge is 0.419 e. The summed E-state index contributed by atoms with van der Waals surface area (Å²) in [5, 5.41) is 6.97. The number of hydrogen-bond acceptors (Lipinski definition) is 3. The maximum Gasteiger partial charge on any atom is 0.419 e. The molecule has 2 heterocycles. The molecule has 0 saturated heterocycles. The molecule has 0 radical (unpaired) electrons. The van der Waals surface area contributed by atoms with Crippen LogP contribution in [0.3, 0.4) is 0 Å². The summed E-state index contributed by atoms with van der Waals surface area (Å²) >= 11 is 0. The van der Waals surface area contributed by atoms with Crippen LogP contribution in [0.25, 0.3) is 5.82 Å². The average molecular weight is 284 g/mol. The number of nitrogens with zero attached hydrogens (tertiary/aromatic N) is 3. The van der Waals surface area contributed by atoms with Gasteiger partial charge in [0.15, 0.2) is 5.82 Å². The molecule has 0 amide bonds. The maximum absolute atomic E-state index is 12.6. The third-order valence-electron chi connectivity index (χ3n) is 2.92. The van der Waals surface area contributed by atoms with Crippen molar-refractivity contribution in [1.29, 1.82) is 0 Å². The molecular weight excluding hydrogens is 269 g/mol. The summed E-state index contributed by atoms with van der Waals surface area (Å²) in [5.74, 6) is 0.399. The molecule has 0 bridgehead atoms. The summed E-state index contributed by atoms with van der Waals surface area (Å²) in [6.45, 7) is 4.64. The molecule has 2 aromatic heterocycles. The van der Waals surface area contributed by atoms with E-state index in [1.165, 1.54) is 6.20 Å². The van der Waals surface area contributed by atoms with Gasteiger partial charge in [-0.15, -0.1) is 0 Å². The van der Waals surface area contributed by atoms with Crippen LogP contribution >= 0.6 is 0 Å². The van der Waals surface area contributed by atoms with E-state index in [9.17, 15) is 13.2 Å². The lowest BCUT2D eigenvalue weighted by molar-refractivity contribution is -0.137. The summed E-state index contributed by atoms with van der Waals surface area (Å²) in [7, 11) is 0. The Balaban J connectivity index is 2.40. The molecule has 0 spiro atoms. The minimum atomic E-state index is -4.40. The normalized spacial score (nSPS) is 13.4. The Morgan fingerprint density at radius 3 is 2.75 bits per heavy atom. The van der Waals surface area contributed by atoms with Crippen LogP contribution in [-0.2, 0) is 6.18 Å². The molecule has 1 N–H and O–H groups in total. The summed E-state index contributed by atoms with van der Waals surface area (Å²) in [6, 6.07) is 3.55. The molecule has 1 unspecified atom stereocenters. The van der Waals surface area contributed by atoms with Crippen LogP contribution in [0.2, 0.25) is 0 Å². The number of pyridine rings is 1. The third kappa shape index (κ3) is 2.98. The van der Waals surface area contributed by atoms with Crippen molar-refractivity contribution in [1.82, 2.24) is 20.1 Å². The zero-order valence-electron chi connectivity index (χ0n) is 11.1. The zero-order chi connectivity index (χ0) is 14.8. The quantitative estimate of drug-likeness (QED) is 0.938. The molecule has 20 heavy (non-hydrogen) atoms. The van der Waals surface area contributed by atoms with Crippen molar-refractivity contribution in [3.63, 3.8) is 0 Å². The first-order chi connectivity index (χ1) is 9.43. The average Bonchev–Trinajstić information content (AvgIpc) is 2.88. The highest BCUT2D eigenvalue weighted by molar-refractivity contribution is 5.36. The van der Waals surface area contributed by atoms with Gasteiger partial charge >= 0.3 is 6.18 Å². The van der Waals surface area contributed by atoms with Gasteiger partial charge in [-0.2, -0.15) is 18.3 Å². The van der Waals surface area contributed by atoms with Gasteiger partial charge in [0.25, 0.3) is 0 Å². The highest BCUT2D eigenvalue weighted by Gasteiger charge is 2.32. The summed E-state index contributed by atoms with van der Waals surface area (Å²) < 4.78 is 39.0. The van der Waals surface area contributed by atoms with Gasteiger partial charge in [0, 0.05) is 24.0 Å². The van der Waals surface area contributed by atoms with E-state index in [2.05, 4.69) is 15.4 Å². The van der Waals surface area contributed by atoms with Crippen LogP contribution in [0.1, 0.15) is 31.0 Å². The van der Waals surface area contributed by atoms with Gasteiger partial charge < -0.3 is 5.32 Å². The van der Waals surface area contributed by atoms with Crippen molar-refractivity contribution in [3.05, 3.63) is 41.9 Å². The molecule has 2 aromatic rings. The first kappa shape index (κ1) is 14.5. The fourth-order valence-corrected chi connectivity index (χ4v) is 1.94. The minimum absolute atomic E-state index is 0.0257. The second-order valence-corrected chi connectivity index (χ2v) is 4.37. The molecule has 0 fully saturated rings. The Hall–Kier alpha value is -1.89. The number of hydrogen-bond donors (Lipinski definition) is 1. The molecular formula is C13H15F3N4. The van der Waals surface area contributed by atoms with Crippen molar-refractivity contribution >= 4 is 0 Å². The fraction of sp³-hybridized carbons (Fsp3) is 0.385. The van der Waals surface area contributed by atoms with Crippen LogP contribution in [0.5, 0.6) is 0 Å². The number of aromatic nitrogens is 3. The van der Waals surface area contributed by atoms with Crippen molar-refractivity contribution in [2.75, 3.05) is 6.54 Å². The van der Waals surface area contributed by atoms with E-state index in [-0.39, 0.29) is 6.04 Å². The van der Waals surface area contributed by atoms with Crippen LogP contribution in [-0.4, -0.2) is 21.3 Å². The van der Waals surface area contributed by atoms with E-state index in [0.29, 0.717) is 5.82 Å². The molecule has 2 rings (SSSR count). The van der Waals surface area contributed by atoms with Gasteiger partial charge in [-0.1, -0.05) is 13.0 Å². The summed E-state index contributed by atoms with van der Waals surface area (Å²) in [5.41, 5.74) is 0.0105. The molecule has 1 atom stereocenters. The number of alkyl halides is 3. The monoisotopic (exact) mass is 284 g/mol. The van der Waals surface area contributed by atoms with Crippen molar-refractivity contribution in [2.24, 2.45) is 0 Å². The summed E-state index contributed by atoms with van der Waals surface area (Å²) in [4.78, 5) is 4.14. The predicted octanol–water partition coefficient (Wildman–Crippen LogP) is 2.96. The van der Waals surface area contributed by atoms with Crippen molar-refractivity contribution in [3.8, 4) is 5.82 Å². The predicted molar refractivity (Wildman–Crippen MR) is 68.5 cm³/mol. The van der Waals surface area contributed by atoms with E-state index in [0.717, 1.165) is 29.2 Å². The lowest BCUT2D eigenvalue weighted by Gasteiger charge is -2.15.